The molecule has 1 aliphatic heterocycles. The molecule has 0 N–H and O–H groups in total. The van der Waals surface area contributed by atoms with Crippen molar-refractivity contribution in [3.05, 3.63) is 41.0 Å². The highest BCUT2D eigenvalue weighted by atomic mass is 16.5. The Bertz CT molecular complexity index is 579. The number of ketones is 1. The molecule has 1 unspecified atom stereocenters. The Balaban J connectivity index is 1.66. The Kier molecular flexibility index (Phi) is 2.99. The van der Waals surface area contributed by atoms with Gasteiger partial charge in [-0.1, -0.05) is 42.7 Å². The minimum absolute atomic E-state index is 0.284. The lowest BCUT2D eigenvalue weighted by atomic mass is 9.80. The normalized spacial score (nSPS) is 26.6. The third-order valence-electron chi connectivity index (χ3n) is 5.17. The van der Waals surface area contributed by atoms with E-state index >= 15 is 0 Å². The molecule has 1 atom stereocenters. The number of hydrogen-bond donors (Lipinski definition) is 0. The fourth-order valence-electron chi connectivity index (χ4n) is 4.07. The largest absolute Gasteiger partial charge is 0.373 e. The molecule has 0 bridgehead atoms. The molecule has 4 rings (SSSR count). The van der Waals surface area contributed by atoms with E-state index < -0.39 is 0 Å². The van der Waals surface area contributed by atoms with Crippen LogP contribution >= 0.6 is 0 Å². The first-order chi connectivity index (χ1) is 9.83. The standard InChI is InChI=1S/C18H20O2/c19-17-9-13-10-18(12-5-1-2-6-12)20-11-16(13)14-7-3-4-8-15(14)17/h3-4,7-8,12,18H,1-2,5-6,9-11H2. The van der Waals surface area contributed by atoms with Crippen LogP contribution in [0, 0.1) is 5.92 Å². The van der Waals surface area contributed by atoms with Crippen molar-refractivity contribution in [3.8, 4) is 0 Å². The second kappa shape index (κ2) is 4.85. The molecule has 1 heterocycles. The lowest BCUT2D eigenvalue weighted by Gasteiger charge is -2.34. The SMILES string of the molecule is O=C1CC2=C(COC(C3CCCC3)C2)c2ccccc21. The van der Waals surface area contributed by atoms with Crippen molar-refractivity contribution in [2.75, 3.05) is 6.61 Å². The molecule has 0 saturated heterocycles. The third-order valence-corrected chi connectivity index (χ3v) is 5.17. The van der Waals surface area contributed by atoms with E-state index in [2.05, 4.69) is 6.07 Å². The van der Waals surface area contributed by atoms with Crippen LogP contribution in [0.15, 0.2) is 29.8 Å². The van der Waals surface area contributed by atoms with Gasteiger partial charge in [0.25, 0.3) is 0 Å². The van der Waals surface area contributed by atoms with E-state index in [0.29, 0.717) is 19.1 Å². The lowest BCUT2D eigenvalue weighted by Crippen LogP contribution is -2.30. The van der Waals surface area contributed by atoms with Gasteiger partial charge >= 0.3 is 0 Å². The first-order valence-electron chi connectivity index (χ1n) is 7.78. The number of rotatable bonds is 1. The summed E-state index contributed by atoms with van der Waals surface area (Å²) in [5.74, 6) is 1.00. The smallest absolute Gasteiger partial charge is 0.167 e. The molecule has 0 amide bonds. The van der Waals surface area contributed by atoms with Crippen LogP contribution in [-0.2, 0) is 4.74 Å². The van der Waals surface area contributed by atoms with Gasteiger partial charge < -0.3 is 4.74 Å². The van der Waals surface area contributed by atoms with E-state index in [-0.39, 0.29) is 5.78 Å². The van der Waals surface area contributed by atoms with Gasteiger partial charge in [0, 0.05) is 12.0 Å². The number of Topliss-reactive ketones (excluding diaryl/α,β-unsaturated/α-hetero) is 1. The fraction of sp³-hybridized carbons (Fsp3) is 0.500. The van der Waals surface area contributed by atoms with Crippen LogP contribution < -0.4 is 0 Å². The zero-order valence-corrected chi connectivity index (χ0v) is 11.7. The molecule has 2 heteroatoms. The highest BCUT2D eigenvalue weighted by Gasteiger charge is 2.34. The van der Waals surface area contributed by atoms with Crippen molar-refractivity contribution in [1.82, 2.24) is 0 Å². The monoisotopic (exact) mass is 268 g/mol. The van der Waals surface area contributed by atoms with Crippen LogP contribution in [0.3, 0.4) is 0 Å². The van der Waals surface area contributed by atoms with Gasteiger partial charge in [-0.3, -0.25) is 4.79 Å². The maximum Gasteiger partial charge on any atom is 0.167 e. The lowest BCUT2D eigenvalue weighted by molar-refractivity contribution is 0.0258. The van der Waals surface area contributed by atoms with Gasteiger partial charge in [-0.2, -0.15) is 0 Å². The quantitative estimate of drug-likeness (QED) is 0.769. The highest BCUT2D eigenvalue weighted by molar-refractivity contribution is 6.06. The van der Waals surface area contributed by atoms with Gasteiger partial charge in [-0.15, -0.1) is 0 Å². The minimum atomic E-state index is 0.284. The number of carbonyl (C=O) groups is 1. The van der Waals surface area contributed by atoms with Crippen LogP contribution in [-0.4, -0.2) is 18.5 Å². The molecular formula is C18H20O2. The van der Waals surface area contributed by atoms with Crippen molar-refractivity contribution in [3.63, 3.8) is 0 Å². The van der Waals surface area contributed by atoms with E-state index in [1.54, 1.807) is 0 Å². The summed E-state index contributed by atoms with van der Waals surface area (Å²) in [7, 11) is 0. The van der Waals surface area contributed by atoms with Crippen LogP contribution in [0.1, 0.15) is 54.4 Å². The number of benzene rings is 1. The zero-order valence-electron chi connectivity index (χ0n) is 11.7. The molecule has 1 aromatic carbocycles. The molecule has 104 valence electrons. The van der Waals surface area contributed by atoms with E-state index in [0.717, 1.165) is 23.5 Å². The van der Waals surface area contributed by atoms with Gasteiger partial charge in [0.2, 0.25) is 0 Å². The topological polar surface area (TPSA) is 26.3 Å². The van der Waals surface area contributed by atoms with Crippen molar-refractivity contribution in [2.45, 2.75) is 44.6 Å². The summed E-state index contributed by atoms with van der Waals surface area (Å²) < 4.78 is 6.15. The van der Waals surface area contributed by atoms with Crippen LogP contribution in [0.2, 0.25) is 0 Å². The van der Waals surface area contributed by atoms with Gasteiger partial charge in [0.1, 0.15) is 0 Å². The van der Waals surface area contributed by atoms with Gasteiger partial charge in [-0.25, -0.2) is 0 Å². The molecule has 1 saturated carbocycles. The predicted octanol–water partition coefficient (Wildman–Crippen LogP) is 4.01. The molecule has 0 spiro atoms. The summed E-state index contributed by atoms with van der Waals surface area (Å²) in [6.07, 6.45) is 7.24. The number of ether oxygens (including phenoxy) is 1. The molecule has 2 aliphatic carbocycles. The van der Waals surface area contributed by atoms with Crippen LogP contribution in [0.25, 0.3) is 5.57 Å². The minimum Gasteiger partial charge on any atom is -0.373 e. The predicted molar refractivity (Wildman–Crippen MR) is 78.6 cm³/mol. The molecule has 20 heavy (non-hydrogen) atoms. The Morgan fingerprint density at radius 1 is 1.05 bits per heavy atom. The van der Waals surface area contributed by atoms with E-state index in [9.17, 15) is 4.79 Å². The molecular weight excluding hydrogens is 248 g/mol. The average molecular weight is 268 g/mol. The number of hydrogen-bond acceptors (Lipinski definition) is 2. The summed E-state index contributed by atoms with van der Waals surface area (Å²) >= 11 is 0. The summed E-state index contributed by atoms with van der Waals surface area (Å²) in [6, 6.07) is 7.99. The van der Waals surface area contributed by atoms with Gasteiger partial charge in [0.05, 0.1) is 12.7 Å². The summed E-state index contributed by atoms with van der Waals surface area (Å²) in [5.41, 5.74) is 4.63. The fourth-order valence-corrected chi connectivity index (χ4v) is 4.07. The Labute approximate surface area is 119 Å². The van der Waals surface area contributed by atoms with Gasteiger partial charge in [-0.05, 0) is 36.3 Å². The third kappa shape index (κ3) is 1.94. The second-order valence-electron chi connectivity index (χ2n) is 6.33. The van der Waals surface area contributed by atoms with Crippen molar-refractivity contribution < 1.29 is 9.53 Å². The van der Waals surface area contributed by atoms with Crippen LogP contribution in [0.4, 0.5) is 0 Å². The first kappa shape index (κ1) is 12.3. The van der Waals surface area contributed by atoms with Crippen molar-refractivity contribution in [2.24, 2.45) is 5.92 Å². The van der Waals surface area contributed by atoms with Crippen molar-refractivity contribution >= 4 is 11.4 Å². The van der Waals surface area contributed by atoms with E-state index in [4.69, 9.17) is 4.74 Å². The maximum atomic E-state index is 12.3. The number of carbonyl (C=O) groups excluding carboxylic acids is 1. The van der Waals surface area contributed by atoms with Gasteiger partial charge in [0.15, 0.2) is 5.78 Å². The molecule has 0 aromatic heterocycles. The van der Waals surface area contributed by atoms with E-state index in [1.807, 2.05) is 18.2 Å². The number of fused-ring (bicyclic) bond motifs is 2. The first-order valence-corrected chi connectivity index (χ1v) is 7.78. The van der Waals surface area contributed by atoms with Crippen molar-refractivity contribution in [1.29, 1.82) is 0 Å². The summed E-state index contributed by atoms with van der Waals surface area (Å²) in [4.78, 5) is 12.3. The Morgan fingerprint density at radius 3 is 2.60 bits per heavy atom. The zero-order chi connectivity index (χ0) is 13.5. The molecule has 3 aliphatic rings. The molecule has 0 radical (unpaired) electrons. The molecule has 1 fully saturated rings. The molecule has 2 nitrogen and oxygen atoms in total. The van der Waals surface area contributed by atoms with E-state index in [1.165, 1.54) is 36.8 Å². The van der Waals surface area contributed by atoms with Crippen LogP contribution in [0.5, 0.6) is 0 Å². The summed E-state index contributed by atoms with van der Waals surface area (Å²) in [6.45, 7) is 0.695. The Morgan fingerprint density at radius 2 is 1.80 bits per heavy atom. The average Bonchev–Trinajstić information content (AvgIpc) is 3.01. The Hall–Kier alpha value is -1.41. The second-order valence-corrected chi connectivity index (χ2v) is 6.33. The maximum absolute atomic E-state index is 12.3. The highest BCUT2D eigenvalue weighted by Crippen LogP contribution is 2.41. The molecule has 1 aromatic rings. The summed E-state index contributed by atoms with van der Waals surface area (Å²) in [5, 5.41) is 0.